The molecule has 4 heterocycles. The Labute approximate surface area is 330 Å². The summed E-state index contributed by atoms with van der Waals surface area (Å²) in [6, 6.07) is 44.7. The molecule has 0 atom stereocenters. The van der Waals surface area contributed by atoms with Gasteiger partial charge >= 0.3 is 40.8 Å². The van der Waals surface area contributed by atoms with Gasteiger partial charge in [0, 0.05) is 47.8 Å². The van der Waals surface area contributed by atoms with E-state index >= 15 is 0 Å². The van der Waals surface area contributed by atoms with E-state index in [2.05, 4.69) is 48.1 Å². The molecule has 52 heavy (non-hydrogen) atoms. The van der Waals surface area contributed by atoms with Crippen LogP contribution in [-0.4, -0.2) is 24.5 Å². The molecule has 8 aromatic rings. The minimum absolute atomic E-state index is 0. The summed E-state index contributed by atoms with van der Waals surface area (Å²) in [5, 5.41) is 1.91. The van der Waals surface area contributed by atoms with Crippen molar-refractivity contribution in [1.29, 1.82) is 0 Å². The minimum Gasteiger partial charge on any atom is -0.503 e. The number of rotatable bonds is 10. The Morgan fingerprint density at radius 1 is 0.538 bits per heavy atom. The van der Waals surface area contributed by atoms with Crippen LogP contribution in [0.3, 0.4) is 0 Å². The molecule has 0 saturated heterocycles. The number of pyridine rings is 2. The van der Waals surface area contributed by atoms with E-state index in [0.717, 1.165) is 62.7 Å². The molecule has 0 aliphatic rings. The van der Waals surface area contributed by atoms with Gasteiger partial charge in [-0.05, 0) is 47.8 Å². The standard InChI is InChI=1S/C43H31N5O2.2Pd/c1-3-29(4-2)32-27-46-43(47-28-32)48-41-25-35(49-33-13-9-11-30(23-33)39-15-5-7-21-44-39)17-19-37(41)38-20-18-36(26-42(38)48)50-34-14-10-12-31(24-34)40-16-6-8-22-45-40;;/h5-22,27-29H,3-4H2,1-2H3;;/q-4;2*+2. The first-order valence-electron chi connectivity index (χ1n) is 16.6. The van der Waals surface area contributed by atoms with Crippen molar-refractivity contribution in [3.05, 3.63) is 152 Å². The Morgan fingerprint density at radius 3 is 1.46 bits per heavy atom. The molecule has 0 fully saturated rings. The molecule has 0 aliphatic heterocycles. The van der Waals surface area contributed by atoms with Crippen molar-refractivity contribution in [3.63, 3.8) is 0 Å². The molecule has 4 aromatic heterocycles. The molecule has 0 unspecified atom stereocenters. The molecule has 0 N–H and O–H groups in total. The molecule has 7 nitrogen and oxygen atoms in total. The molecule has 0 amide bonds. The second kappa shape index (κ2) is 16.5. The third-order valence-corrected chi connectivity index (χ3v) is 8.71. The Morgan fingerprint density at radius 2 is 1.02 bits per heavy atom. The average molecular weight is 863 g/mol. The summed E-state index contributed by atoms with van der Waals surface area (Å²) in [5.74, 6) is 3.08. The maximum Gasteiger partial charge on any atom is 2.00 e. The van der Waals surface area contributed by atoms with Crippen LogP contribution < -0.4 is 9.47 Å². The molecule has 0 saturated carbocycles. The van der Waals surface area contributed by atoms with Crippen LogP contribution in [0.2, 0.25) is 0 Å². The van der Waals surface area contributed by atoms with Crippen molar-refractivity contribution in [2.24, 2.45) is 0 Å². The smallest absolute Gasteiger partial charge is 0.503 e. The molecular formula is C43H31N5O2Pd2. The van der Waals surface area contributed by atoms with Crippen molar-refractivity contribution in [2.45, 2.75) is 32.6 Å². The summed E-state index contributed by atoms with van der Waals surface area (Å²) in [4.78, 5) is 18.6. The maximum atomic E-state index is 6.33. The average Bonchev–Trinajstić information content (AvgIpc) is 3.49. The van der Waals surface area contributed by atoms with Gasteiger partial charge in [0.15, 0.2) is 0 Å². The Balaban J connectivity index is 0.00000232. The zero-order valence-electron chi connectivity index (χ0n) is 28.2. The van der Waals surface area contributed by atoms with Crippen LogP contribution in [0.15, 0.2) is 122 Å². The first kappa shape index (κ1) is 36.8. The number of ether oxygens (including phenoxy) is 2. The van der Waals surface area contributed by atoms with Crippen molar-refractivity contribution in [2.75, 3.05) is 0 Å². The van der Waals surface area contributed by atoms with Crippen LogP contribution in [0, 0.1) is 24.3 Å². The summed E-state index contributed by atoms with van der Waals surface area (Å²) < 4.78 is 14.6. The third kappa shape index (κ3) is 7.60. The van der Waals surface area contributed by atoms with E-state index in [4.69, 9.17) is 19.4 Å². The molecule has 0 radical (unpaired) electrons. The zero-order chi connectivity index (χ0) is 33.9. The van der Waals surface area contributed by atoms with Gasteiger partial charge in [0.2, 0.25) is 5.95 Å². The molecule has 0 bridgehead atoms. The quantitative estimate of drug-likeness (QED) is 0.101. The second-order valence-electron chi connectivity index (χ2n) is 11.8. The summed E-state index contributed by atoms with van der Waals surface area (Å²) in [6.07, 6.45) is 9.43. The number of nitrogens with zero attached hydrogens (tertiary/aromatic N) is 5. The topological polar surface area (TPSA) is 75.0 Å². The number of hydrogen-bond acceptors (Lipinski definition) is 6. The van der Waals surface area contributed by atoms with Gasteiger partial charge in [0.1, 0.15) is 0 Å². The number of hydrogen-bond donors (Lipinski definition) is 0. The van der Waals surface area contributed by atoms with E-state index in [-0.39, 0.29) is 40.8 Å². The summed E-state index contributed by atoms with van der Waals surface area (Å²) in [7, 11) is 0. The summed E-state index contributed by atoms with van der Waals surface area (Å²) in [5.41, 5.74) is 5.95. The van der Waals surface area contributed by atoms with Gasteiger partial charge < -0.3 is 24.0 Å². The molecule has 260 valence electrons. The predicted octanol–water partition coefficient (Wildman–Crippen LogP) is 10.4. The van der Waals surface area contributed by atoms with Crippen LogP contribution in [0.25, 0.3) is 50.3 Å². The van der Waals surface area contributed by atoms with Crippen molar-refractivity contribution < 1.29 is 50.3 Å². The molecule has 8 rings (SSSR count). The van der Waals surface area contributed by atoms with Gasteiger partial charge in [-0.3, -0.25) is 0 Å². The monoisotopic (exact) mass is 861 g/mol. The van der Waals surface area contributed by atoms with Crippen LogP contribution in [0.1, 0.15) is 38.2 Å². The van der Waals surface area contributed by atoms with Gasteiger partial charge in [0.05, 0.1) is 0 Å². The number of aromatic nitrogens is 5. The van der Waals surface area contributed by atoms with Crippen LogP contribution in [0.5, 0.6) is 23.0 Å². The molecule has 0 spiro atoms. The van der Waals surface area contributed by atoms with E-state index in [9.17, 15) is 0 Å². The predicted molar refractivity (Wildman–Crippen MR) is 195 cm³/mol. The van der Waals surface area contributed by atoms with E-state index < -0.39 is 0 Å². The molecular weight excluding hydrogens is 831 g/mol. The fourth-order valence-electron chi connectivity index (χ4n) is 6.16. The minimum atomic E-state index is 0. The largest absolute Gasteiger partial charge is 2.00 e. The van der Waals surface area contributed by atoms with E-state index in [1.165, 1.54) is 0 Å². The van der Waals surface area contributed by atoms with Gasteiger partial charge in [-0.1, -0.05) is 61.3 Å². The summed E-state index contributed by atoms with van der Waals surface area (Å²) in [6.45, 7) is 4.38. The van der Waals surface area contributed by atoms with Crippen LogP contribution >= 0.6 is 0 Å². The van der Waals surface area contributed by atoms with Gasteiger partial charge in [0.25, 0.3) is 0 Å². The zero-order valence-corrected chi connectivity index (χ0v) is 31.3. The Bertz CT molecular complexity index is 2270. The third-order valence-electron chi connectivity index (χ3n) is 8.71. The first-order valence-corrected chi connectivity index (χ1v) is 16.6. The fourth-order valence-corrected chi connectivity index (χ4v) is 6.16. The SMILES string of the molecule is CCC(CC)c1cnc(-n2c3[c-]c(Oc4[c-]c(-c5ccccn5)ccc4)ccc3c3ccc(Oc4[c-]c(-c5ccccn5)ccc4)[c-]c32)nc1.[Pd+2].[Pd+2]. The molecule has 4 aromatic carbocycles. The van der Waals surface area contributed by atoms with E-state index in [1.807, 2.05) is 114 Å². The first-order chi connectivity index (χ1) is 24.7. The van der Waals surface area contributed by atoms with Crippen molar-refractivity contribution >= 4 is 21.8 Å². The van der Waals surface area contributed by atoms with Gasteiger partial charge in [-0.15, -0.1) is 71.8 Å². The molecule has 0 aliphatic carbocycles. The molecule has 9 heteroatoms. The van der Waals surface area contributed by atoms with Crippen LogP contribution in [0.4, 0.5) is 0 Å². The van der Waals surface area contributed by atoms with Crippen LogP contribution in [-0.2, 0) is 40.8 Å². The second-order valence-corrected chi connectivity index (χ2v) is 11.8. The van der Waals surface area contributed by atoms with Gasteiger partial charge in [-0.2, -0.15) is 22.9 Å². The van der Waals surface area contributed by atoms with Crippen molar-refractivity contribution in [3.8, 4) is 51.5 Å². The van der Waals surface area contributed by atoms with E-state index in [0.29, 0.717) is 34.9 Å². The summed E-state index contributed by atoms with van der Waals surface area (Å²) >= 11 is 0. The Kier molecular flexibility index (Phi) is 11.7. The van der Waals surface area contributed by atoms with Crippen molar-refractivity contribution in [1.82, 2.24) is 24.5 Å². The Hall–Kier alpha value is -5.02. The van der Waals surface area contributed by atoms with E-state index in [1.54, 1.807) is 12.4 Å². The van der Waals surface area contributed by atoms with Gasteiger partial charge in [-0.25, -0.2) is 9.97 Å². The normalized spacial score (nSPS) is 10.9. The maximum absolute atomic E-state index is 6.33. The number of fused-ring (bicyclic) bond motifs is 3. The fraction of sp³-hybridized carbons (Fsp3) is 0.116. The number of benzene rings is 4.